The van der Waals surface area contributed by atoms with Gasteiger partial charge in [0.15, 0.2) is 0 Å². The Labute approximate surface area is 165 Å². The Morgan fingerprint density at radius 2 is 0.906 bits per heavy atom. The predicted molar refractivity (Wildman–Crippen MR) is 65.9 cm³/mol. The molecule has 0 bridgehead atoms. The Hall–Kier alpha value is -1.27. The molecule has 1 rings (SSSR count). The number of alkyl halides is 17. The zero-order valence-corrected chi connectivity index (χ0v) is 14.6. The van der Waals surface area contributed by atoms with Crippen LogP contribution < -0.4 is 0 Å². The fraction of sp³-hybridized carbons (Fsp3) is 1.00. The summed E-state index contributed by atoms with van der Waals surface area (Å²) in [5.74, 6) is -56.1. The molecule has 1 heterocycles. The van der Waals surface area contributed by atoms with E-state index < -0.39 is 73.4 Å². The molecule has 192 valence electrons. The van der Waals surface area contributed by atoms with Crippen LogP contribution in [-0.2, 0) is 9.47 Å². The van der Waals surface area contributed by atoms with Gasteiger partial charge in [-0.2, -0.15) is 74.6 Å². The zero-order chi connectivity index (χ0) is 25.8. The Balaban J connectivity index is 3.31. The quantitative estimate of drug-likeness (QED) is 0.195. The lowest BCUT2D eigenvalue weighted by Crippen LogP contribution is -2.74. The molecule has 0 aromatic heterocycles. The molecular weight excluding hydrogens is 511 g/mol. The SMILES string of the molecule is FC(F)(F)C(F)(F)C(F)(F)C(F)(F)C(F)(F)C(F)(F)C(F)(F)C(F)(F)CCOCC1CO1. The Morgan fingerprint density at radius 1 is 0.562 bits per heavy atom. The monoisotopic (exact) mass is 520 g/mol. The van der Waals surface area contributed by atoms with Crippen LogP contribution in [-0.4, -0.2) is 73.6 Å². The average molecular weight is 520 g/mol. The fourth-order valence-electron chi connectivity index (χ4n) is 1.93. The van der Waals surface area contributed by atoms with Crippen LogP contribution >= 0.6 is 0 Å². The molecule has 0 N–H and O–H groups in total. The van der Waals surface area contributed by atoms with Crippen LogP contribution in [0, 0.1) is 0 Å². The topological polar surface area (TPSA) is 21.8 Å². The highest BCUT2D eigenvalue weighted by molar-refractivity contribution is 5.15. The number of rotatable bonds is 11. The maximum Gasteiger partial charge on any atom is 0.460 e. The summed E-state index contributed by atoms with van der Waals surface area (Å²) >= 11 is 0. The molecule has 0 spiro atoms. The summed E-state index contributed by atoms with van der Waals surface area (Å²) in [5, 5.41) is 0. The van der Waals surface area contributed by atoms with E-state index in [2.05, 4.69) is 9.47 Å². The molecule has 0 aliphatic carbocycles. The molecule has 0 amide bonds. The highest BCUT2D eigenvalue weighted by atomic mass is 19.4. The van der Waals surface area contributed by atoms with Crippen LogP contribution in [0.1, 0.15) is 6.42 Å². The summed E-state index contributed by atoms with van der Waals surface area (Å²) in [6.07, 6.45) is -11.1. The highest BCUT2D eigenvalue weighted by Gasteiger charge is 2.95. The smallest absolute Gasteiger partial charge is 0.378 e. The van der Waals surface area contributed by atoms with Gasteiger partial charge in [-0.1, -0.05) is 0 Å². The number of epoxide rings is 1. The van der Waals surface area contributed by atoms with Gasteiger partial charge in [-0.25, -0.2) is 0 Å². The molecule has 19 heteroatoms. The second kappa shape index (κ2) is 7.90. The van der Waals surface area contributed by atoms with Crippen LogP contribution in [0.4, 0.5) is 74.6 Å². The largest absolute Gasteiger partial charge is 0.460 e. The third-order valence-electron chi connectivity index (χ3n) is 4.05. The first-order valence-corrected chi connectivity index (χ1v) is 7.73. The van der Waals surface area contributed by atoms with Crippen molar-refractivity contribution in [3.8, 4) is 0 Å². The van der Waals surface area contributed by atoms with Gasteiger partial charge in [-0.05, 0) is 0 Å². The van der Waals surface area contributed by atoms with E-state index in [9.17, 15) is 74.6 Å². The first-order valence-electron chi connectivity index (χ1n) is 7.73. The van der Waals surface area contributed by atoms with Crippen LogP contribution in [0.2, 0.25) is 0 Å². The van der Waals surface area contributed by atoms with E-state index in [0.717, 1.165) is 0 Å². The summed E-state index contributed by atoms with van der Waals surface area (Å²) < 4.78 is 230. The summed E-state index contributed by atoms with van der Waals surface area (Å²) in [7, 11) is 0. The molecule has 1 aliphatic rings. The standard InChI is InChI=1S/C13H9F17O2/c14-6(15,1-2-31-3-5-4-32-5)7(16,17)8(18,19)9(20,21)10(22,23)11(24,25)12(26,27)13(28,29)30/h5H,1-4H2. The van der Waals surface area contributed by atoms with Gasteiger partial charge in [0.05, 0.1) is 19.8 Å². The molecule has 32 heavy (non-hydrogen) atoms. The van der Waals surface area contributed by atoms with Crippen LogP contribution in [0.5, 0.6) is 0 Å². The molecule has 2 nitrogen and oxygen atoms in total. The minimum Gasteiger partial charge on any atom is -0.378 e. The third-order valence-corrected chi connectivity index (χ3v) is 4.05. The zero-order valence-electron chi connectivity index (χ0n) is 14.6. The first kappa shape index (κ1) is 28.8. The molecule has 0 saturated carbocycles. The molecule has 0 aromatic carbocycles. The second-order valence-electron chi connectivity index (χ2n) is 6.43. The summed E-state index contributed by atoms with van der Waals surface area (Å²) in [5.41, 5.74) is 0. The normalized spacial score (nSPS) is 20.0. The lowest BCUT2D eigenvalue weighted by molar-refractivity contribution is -0.462. The van der Waals surface area contributed by atoms with E-state index in [0.29, 0.717) is 0 Å². The molecule has 0 radical (unpaired) electrons. The van der Waals surface area contributed by atoms with Crippen molar-refractivity contribution < 1.29 is 84.1 Å². The Morgan fingerprint density at radius 3 is 1.25 bits per heavy atom. The molecule has 1 unspecified atom stereocenters. The van der Waals surface area contributed by atoms with E-state index in [4.69, 9.17) is 0 Å². The summed E-state index contributed by atoms with van der Waals surface area (Å²) in [6.45, 7) is -2.17. The van der Waals surface area contributed by atoms with Crippen molar-refractivity contribution in [2.24, 2.45) is 0 Å². The van der Waals surface area contributed by atoms with Crippen molar-refractivity contribution in [3.05, 3.63) is 0 Å². The van der Waals surface area contributed by atoms with Crippen LogP contribution in [0.3, 0.4) is 0 Å². The van der Waals surface area contributed by atoms with Crippen molar-refractivity contribution in [1.82, 2.24) is 0 Å². The van der Waals surface area contributed by atoms with Crippen molar-refractivity contribution >= 4 is 0 Å². The molecular formula is C13H9F17O2. The van der Waals surface area contributed by atoms with Crippen molar-refractivity contribution in [1.29, 1.82) is 0 Å². The maximum absolute atomic E-state index is 13.5. The molecule has 1 atom stereocenters. The van der Waals surface area contributed by atoms with Crippen LogP contribution in [0.25, 0.3) is 0 Å². The number of hydrogen-bond acceptors (Lipinski definition) is 2. The van der Waals surface area contributed by atoms with E-state index in [-0.39, 0.29) is 6.61 Å². The lowest BCUT2D eigenvalue weighted by Gasteiger charge is -2.42. The molecule has 0 aromatic rings. The predicted octanol–water partition coefficient (Wildman–Crippen LogP) is 5.80. The van der Waals surface area contributed by atoms with E-state index >= 15 is 0 Å². The van der Waals surface area contributed by atoms with Gasteiger partial charge in [-0.15, -0.1) is 0 Å². The van der Waals surface area contributed by atoms with Crippen molar-refractivity contribution in [2.75, 3.05) is 19.8 Å². The first-order chi connectivity index (χ1) is 13.8. The van der Waals surface area contributed by atoms with Gasteiger partial charge in [-0.3, -0.25) is 0 Å². The van der Waals surface area contributed by atoms with Gasteiger partial charge < -0.3 is 9.47 Å². The number of ether oxygens (including phenoxy) is 2. The Bertz CT molecular complexity index is 664. The summed E-state index contributed by atoms with van der Waals surface area (Å²) in [4.78, 5) is 0. The Kier molecular flexibility index (Phi) is 7.10. The van der Waals surface area contributed by atoms with Crippen molar-refractivity contribution in [3.63, 3.8) is 0 Å². The van der Waals surface area contributed by atoms with Gasteiger partial charge >= 0.3 is 47.6 Å². The average Bonchev–Trinajstić information content (AvgIpc) is 3.41. The molecule has 1 fully saturated rings. The van der Waals surface area contributed by atoms with Gasteiger partial charge in [0.25, 0.3) is 0 Å². The second-order valence-corrected chi connectivity index (χ2v) is 6.43. The minimum absolute atomic E-state index is 0.0166. The van der Waals surface area contributed by atoms with E-state index in [1.807, 2.05) is 0 Å². The van der Waals surface area contributed by atoms with Crippen LogP contribution in [0.15, 0.2) is 0 Å². The van der Waals surface area contributed by atoms with Gasteiger partial charge in [0.2, 0.25) is 0 Å². The number of hydrogen-bond donors (Lipinski definition) is 0. The lowest BCUT2D eigenvalue weighted by atomic mass is 9.88. The molecule has 1 aliphatic heterocycles. The number of halogens is 17. The highest BCUT2D eigenvalue weighted by Crippen LogP contribution is 2.64. The van der Waals surface area contributed by atoms with Gasteiger partial charge in [0, 0.05) is 6.42 Å². The molecule has 1 saturated heterocycles. The third kappa shape index (κ3) is 4.18. The van der Waals surface area contributed by atoms with Crippen molar-refractivity contribution in [2.45, 2.75) is 60.2 Å². The van der Waals surface area contributed by atoms with E-state index in [1.165, 1.54) is 0 Å². The van der Waals surface area contributed by atoms with E-state index in [1.54, 1.807) is 0 Å². The maximum atomic E-state index is 13.5. The minimum atomic E-state index is -8.61. The summed E-state index contributed by atoms with van der Waals surface area (Å²) in [6, 6.07) is 0. The fourth-order valence-corrected chi connectivity index (χ4v) is 1.93. The van der Waals surface area contributed by atoms with Gasteiger partial charge in [0.1, 0.15) is 6.10 Å².